The van der Waals surface area contributed by atoms with E-state index in [4.69, 9.17) is 0 Å². The molecule has 0 heterocycles. The number of hydrogen-bond acceptors (Lipinski definition) is 2. The number of hydroxylamine groups is 2. The van der Waals surface area contributed by atoms with E-state index in [1.807, 2.05) is 24.3 Å². The maximum atomic E-state index is 11.3. The van der Waals surface area contributed by atoms with Crippen molar-refractivity contribution in [2.75, 3.05) is 0 Å². The smallest absolute Gasteiger partial charge is 0.243 e. The van der Waals surface area contributed by atoms with Gasteiger partial charge in [-0.2, -0.15) is 0 Å². The lowest BCUT2D eigenvalue weighted by Gasteiger charge is -2.21. The molecule has 1 atom stereocenters. The van der Waals surface area contributed by atoms with Crippen LogP contribution in [0.15, 0.2) is 36.4 Å². The first-order valence-corrected chi connectivity index (χ1v) is 7.98. The van der Waals surface area contributed by atoms with Gasteiger partial charge < -0.3 is 0 Å². The van der Waals surface area contributed by atoms with Crippen molar-refractivity contribution in [1.82, 2.24) is 5.06 Å². The van der Waals surface area contributed by atoms with E-state index in [2.05, 4.69) is 44.7 Å². The lowest BCUT2D eigenvalue weighted by molar-refractivity contribution is -0.172. The Balaban J connectivity index is 2.34. The first-order valence-electron chi connectivity index (χ1n) is 7.98. The standard InChI is InChI=1S/C21H23NO2/c1-14-11-15(2)21(16(3)12-14)10-9-19-7-6-8-20(13-19)17(4)22(24)18(5)23/h6-8,11-13,17,24H,1-5H3. The average Bonchev–Trinajstić information content (AvgIpc) is 2.52. The highest BCUT2D eigenvalue weighted by Crippen LogP contribution is 2.20. The minimum absolute atomic E-state index is 0.384. The highest BCUT2D eigenvalue weighted by Gasteiger charge is 2.16. The molecule has 3 nitrogen and oxygen atoms in total. The van der Waals surface area contributed by atoms with Gasteiger partial charge in [-0.05, 0) is 56.5 Å². The van der Waals surface area contributed by atoms with Crippen LogP contribution in [0.2, 0.25) is 0 Å². The van der Waals surface area contributed by atoms with Gasteiger partial charge in [0.15, 0.2) is 0 Å². The molecule has 124 valence electrons. The van der Waals surface area contributed by atoms with Gasteiger partial charge in [-0.15, -0.1) is 0 Å². The predicted molar refractivity (Wildman–Crippen MR) is 95.8 cm³/mol. The van der Waals surface area contributed by atoms with Gasteiger partial charge in [-0.3, -0.25) is 10.0 Å². The molecule has 0 spiro atoms. The second kappa shape index (κ2) is 7.33. The van der Waals surface area contributed by atoms with E-state index in [1.54, 1.807) is 6.92 Å². The van der Waals surface area contributed by atoms with Gasteiger partial charge in [0.05, 0.1) is 6.04 Å². The summed E-state index contributed by atoms with van der Waals surface area (Å²) >= 11 is 0. The molecule has 2 aromatic rings. The van der Waals surface area contributed by atoms with Crippen LogP contribution in [-0.2, 0) is 4.79 Å². The Morgan fingerprint density at radius 2 is 1.71 bits per heavy atom. The van der Waals surface area contributed by atoms with Crippen molar-refractivity contribution >= 4 is 5.91 Å². The van der Waals surface area contributed by atoms with Crippen molar-refractivity contribution in [1.29, 1.82) is 0 Å². The molecule has 0 fully saturated rings. The Bertz CT molecular complexity index is 804. The van der Waals surface area contributed by atoms with Crippen LogP contribution < -0.4 is 0 Å². The molecule has 1 amide bonds. The third kappa shape index (κ3) is 4.04. The Morgan fingerprint density at radius 3 is 2.29 bits per heavy atom. The molecule has 0 aromatic heterocycles. The Labute approximate surface area is 143 Å². The number of hydrogen-bond donors (Lipinski definition) is 1. The molecule has 3 heteroatoms. The second-order valence-corrected chi connectivity index (χ2v) is 6.19. The largest absolute Gasteiger partial charge is 0.285 e. The molecule has 0 aliphatic rings. The molecule has 1 N–H and O–H groups in total. The summed E-state index contributed by atoms with van der Waals surface area (Å²) in [6.07, 6.45) is 0. The van der Waals surface area contributed by atoms with Crippen molar-refractivity contribution in [2.24, 2.45) is 0 Å². The maximum absolute atomic E-state index is 11.3. The fourth-order valence-corrected chi connectivity index (χ4v) is 2.80. The van der Waals surface area contributed by atoms with E-state index in [0.717, 1.165) is 21.8 Å². The van der Waals surface area contributed by atoms with Crippen LogP contribution in [0.3, 0.4) is 0 Å². The fraction of sp³-hybridized carbons (Fsp3) is 0.286. The van der Waals surface area contributed by atoms with Crippen molar-refractivity contribution in [3.8, 4) is 11.8 Å². The van der Waals surface area contributed by atoms with E-state index >= 15 is 0 Å². The number of benzene rings is 2. The highest BCUT2D eigenvalue weighted by atomic mass is 16.5. The number of carbonyl (C=O) groups is 1. The average molecular weight is 321 g/mol. The molecule has 0 saturated heterocycles. The van der Waals surface area contributed by atoms with Crippen LogP contribution in [0.25, 0.3) is 0 Å². The zero-order valence-electron chi connectivity index (χ0n) is 14.8. The molecular formula is C21H23NO2. The fourth-order valence-electron chi connectivity index (χ4n) is 2.80. The van der Waals surface area contributed by atoms with Crippen molar-refractivity contribution < 1.29 is 10.0 Å². The van der Waals surface area contributed by atoms with Crippen LogP contribution in [-0.4, -0.2) is 16.2 Å². The van der Waals surface area contributed by atoms with Gasteiger partial charge in [0.1, 0.15) is 0 Å². The molecule has 0 aliphatic carbocycles. The van der Waals surface area contributed by atoms with Gasteiger partial charge in [0.2, 0.25) is 5.91 Å². The number of rotatable bonds is 2. The molecule has 1 unspecified atom stereocenters. The summed E-state index contributed by atoms with van der Waals surface area (Å²) in [5.41, 5.74) is 6.32. The molecule has 0 bridgehead atoms. The first kappa shape index (κ1) is 17.8. The van der Waals surface area contributed by atoms with E-state index in [0.29, 0.717) is 0 Å². The van der Waals surface area contributed by atoms with E-state index in [-0.39, 0.29) is 5.91 Å². The highest BCUT2D eigenvalue weighted by molar-refractivity contribution is 5.72. The summed E-state index contributed by atoms with van der Waals surface area (Å²) < 4.78 is 0. The molecule has 0 saturated carbocycles. The lowest BCUT2D eigenvalue weighted by atomic mass is 9.99. The number of amides is 1. The predicted octanol–water partition coefficient (Wildman–Crippen LogP) is 4.31. The molecule has 24 heavy (non-hydrogen) atoms. The van der Waals surface area contributed by atoms with Crippen LogP contribution in [0, 0.1) is 32.6 Å². The minimum Gasteiger partial charge on any atom is -0.285 e. The van der Waals surface area contributed by atoms with Gasteiger partial charge in [0.25, 0.3) is 0 Å². The molecule has 0 aliphatic heterocycles. The molecule has 2 rings (SSSR count). The normalized spacial score (nSPS) is 11.4. The Morgan fingerprint density at radius 1 is 1.08 bits per heavy atom. The summed E-state index contributed by atoms with van der Waals surface area (Å²) in [6.45, 7) is 9.33. The molecular weight excluding hydrogens is 298 g/mol. The topological polar surface area (TPSA) is 40.5 Å². The maximum Gasteiger partial charge on any atom is 0.243 e. The molecule has 2 aromatic carbocycles. The van der Waals surface area contributed by atoms with E-state index in [1.165, 1.54) is 23.6 Å². The van der Waals surface area contributed by atoms with E-state index < -0.39 is 6.04 Å². The summed E-state index contributed by atoms with van der Waals surface area (Å²) in [6, 6.07) is 11.5. The number of nitrogens with zero attached hydrogens (tertiary/aromatic N) is 1. The summed E-state index contributed by atoms with van der Waals surface area (Å²) in [4.78, 5) is 11.3. The number of aryl methyl sites for hydroxylation is 3. The zero-order valence-corrected chi connectivity index (χ0v) is 14.8. The monoisotopic (exact) mass is 321 g/mol. The summed E-state index contributed by atoms with van der Waals surface area (Å²) in [7, 11) is 0. The van der Waals surface area contributed by atoms with Crippen molar-refractivity contribution in [3.63, 3.8) is 0 Å². The molecule has 0 radical (unpaired) electrons. The Kier molecular flexibility index (Phi) is 5.43. The van der Waals surface area contributed by atoms with Crippen molar-refractivity contribution in [2.45, 2.75) is 40.7 Å². The van der Waals surface area contributed by atoms with Crippen LogP contribution in [0.5, 0.6) is 0 Å². The van der Waals surface area contributed by atoms with Crippen LogP contribution in [0.1, 0.15) is 53.3 Å². The van der Waals surface area contributed by atoms with Gasteiger partial charge >= 0.3 is 0 Å². The lowest BCUT2D eigenvalue weighted by Crippen LogP contribution is -2.27. The van der Waals surface area contributed by atoms with Crippen LogP contribution >= 0.6 is 0 Å². The van der Waals surface area contributed by atoms with Gasteiger partial charge in [-0.25, -0.2) is 5.06 Å². The van der Waals surface area contributed by atoms with E-state index in [9.17, 15) is 10.0 Å². The number of carbonyl (C=O) groups excluding carboxylic acids is 1. The third-order valence-electron chi connectivity index (χ3n) is 4.07. The van der Waals surface area contributed by atoms with Crippen molar-refractivity contribution in [3.05, 3.63) is 69.8 Å². The quantitative estimate of drug-likeness (QED) is 0.509. The van der Waals surface area contributed by atoms with Gasteiger partial charge in [0, 0.05) is 18.1 Å². The Hall–Kier alpha value is -2.57. The first-order chi connectivity index (χ1) is 11.3. The van der Waals surface area contributed by atoms with Crippen LogP contribution in [0.4, 0.5) is 0 Å². The minimum atomic E-state index is -0.410. The summed E-state index contributed by atoms with van der Waals surface area (Å²) in [5, 5.41) is 10.5. The van der Waals surface area contributed by atoms with Gasteiger partial charge in [-0.1, -0.05) is 41.7 Å². The third-order valence-corrected chi connectivity index (χ3v) is 4.07. The second-order valence-electron chi connectivity index (χ2n) is 6.19. The zero-order chi connectivity index (χ0) is 17.9. The SMILES string of the molecule is CC(=O)N(O)C(C)c1cccc(C#Cc2c(C)cc(C)cc2C)c1. The summed E-state index contributed by atoms with van der Waals surface area (Å²) in [5.74, 6) is 6.06.